The van der Waals surface area contributed by atoms with E-state index in [0.29, 0.717) is 6.42 Å². The molecule has 0 fully saturated rings. The van der Waals surface area contributed by atoms with Gasteiger partial charge in [-0.25, -0.2) is 4.39 Å². The van der Waals surface area contributed by atoms with E-state index < -0.39 is 0 Å². The van der Waals surface area contributed by atoms with Crippen LogP contribution in [0.4, 0.5) is 4.39 Å². The number of carbonyl (C=O) groups is 1. The third-order valence-electron chi connectivity index (χ3n) is 3.01. The van der Waals surface area contributed by atoms with Crippen molar-refractivity contribution in [2.24, 2.45) is 5.41 Å². The van der Waals surface area contributed by atoms with E-state index in [-0.39, 0.29) is 23.2 Å². The fourth-order valence-electron chi connectivity index (χ4n) is 1.76. The summed E-state index contributed by atoms with van der Waals surface area (Å²) in [5.41, 5.74) is 0.926. The molecule has 0 radical (unpaired) electrons. The summed E-state index contributed by atoms with van der Waals surface area (Å²) >= 11 is 0. The fourth-order valence-corrected chi connectivity index (χ4v) is 1.76. The summed E-state index contributed by atoms with van der Waals surface area (Å²) < 4.78 is 12.9. The van der Waals surface area contributed by atoms with Gasteiger partial charge in [-0.1, -0.05) is 32.9 Å². The van der Waals surface area contributed by atoms with Crippen LogP contribution < -0.4 is 0 Å². The van der Waals surface area contributed by atoms with Crippen LogP contribution in [-0.4, -0.2) is 17.9 Å². The summed E-state index contributed by atoms with van der Waals surface area (Å²) in [5, 5.41) is 0. The van der Waals surface area contributed by atoms with E-state index in [9.17, 15) is 9.18 Å². The molecule has 0 heterocycles. The Balaban J connectivity index is 2.74. The van der Waals surface area contributed by atoms with E-state index >= 15 is 0 Å². The van der Waals surface area contributed by atoms with Crippen molar-refractivity contribution >= 4 is 5.91 Å². The molecule has 1 rings (SSSR count). The molecule has 3 heteroatoms. The van der Waals surface area contributed by atoms with Gasteiger partial charge >= 0.3 is 0 Å². The molecule has 1 aromatic carbocycles. The first-order valence-electron chi connectivity index (χ1n) is 6.22. The second kappa shape index (κ2) is 5.51. The highest BCUT2D eigenvalue weighted by molar-refractivity contribution is 5.77. The molecular formula is C15H22FNO. The smallest absolute Gasteiger partial charge is 0.223 e. The van der Waals surface area contributed by atoms with Gasteiger partial charge < -0.3 is 4.90 Å². The lowest BCUT2D eigenvalue weighted by Crippen LogP contribution is -2.32. The number of carbonyl (C=O) groups excluding carboxylic acids is 1. The van der Waals surface area contributed by atoms with Crippen LogP contribution in [-0.2, 0) is 4.79 Å². The molecule has 0 saturated carbocycles. The van der Waals surface area contributed by atoms with Crippen molar-refractivity contribution in [2.45, 2.75) is 40.2 Å². The maximum absolute atomic E-state index is 12.9. The summed E-state index contributed by atoms with van der Waals surface area (Å²) in [5.74, 6) is -0.144. The highest BCUT2D eigenvalue weighted by atomic mass is 19.1. The molecule has 1 amide bonds. The molecule has 0 bridgehead atoms. The normalized spacial score (nSPS) is 13.2. The van der Waals surface area contributed by atoms with Crippen molar-refractivity contribution in [3.05, 3.63) is 35.6 Å². The summed E-state index contributed by atoms with van der Waals surface area (Å²) in [6.07, 6.45) is 0.509. The van der Waals surface area contributed by atoms with Crippen molar-refractivity contribution in [1.29, 1.82) is 0 Å². The molecule has 0 saturated heterocycles. The second-order valence-electron chi connectivity index (χ2n) is 5.97. The first-order valence-corrected chi connectivity index (χ1v) is 6.22. The van der Waals surface area contributed by atoms with Crippen LogP contribution in [0.25, 0.3) is 0 Å². The Morgan fingerprint density at radius 1 is 1.28 bits per heavy atom. The van der Waals surface area contributed by atoms with Gasteiger partial charge in [0.15, 0.2) is 0 Å². The molecule has 0 spiro atoms. The molecule has 18 heavy (non-hydrogen) atoms. The zero-order valence-corrected chi connectivity index (χ0v) is 11.8. The van der Waals surface area contributed by atoms with Crippen LogP contribution in [0.2, 0.25) is 0 Å². The van der Waals surface area contributed by atoms with E-state index in [4.69, 9.17) is 0 Å². The topological polar surface area (TPSA) is 20.3 Å². The number of hydrogen-bond acceptors (Lipinski definition) is 1. The fraction of sp³-hybridized carbons (Fsp3) is 0.533. The predicted molar refractivity (Wildman–Crippen MR) is 71.7 cm³/mol. The van der Waals surface area contributed by atoms with E-state index in [1.165, 1.54) is 12.1 Å². The van der Waals surface area contributed by atoms with Crippen molar-refractivity contribution < 1.29 is 9.18 Å². The monoisotopic (exact) mass is 251 g/mol. The largest absolute Gasteiger partial charge is 0.339 e. The van der Waals surface area contributed by atoms with Crippen molar-refractivity contribution in [1.82, 2.24) is 4.90 Å². The van der Waals surface area contributed by atoms with E-state index in [0.717, 1.165) is 5.56 Å². The Morgan fingerprint density at radius 3 is 2.22 bits per heavy atom. The van der Waals surface area contributed by atoms with Crippen LogP contribution in [0.3, 0.4) is 0 Å². The minimum Gasteiger partial charge on any atom is -0.339 e. The van der Waals surface area contributed by atoms with Gasteiger partial charge in [0.1, 0.15) is 5.82 Å². The molecule has 0 aliphatic carbocycles. The molecule has 100 valence electrons. The number of benzene rings is 1. The van der Waals surface area contributed by atoms with Gasteiger partial charge in [0.25, 0.3) is 0 Å². The Bertz CT molecular complexity index is 405. The molecule has 0 aromatic heterocycles. The van der Waals surface area contributed by atoms with E-state index in [1.807, 2.05) is 27.7 Å². The maximum atomic E-state index is 12.9. The second-order valence-corrected chi connectivity index (χ2v) is 5.97. The summed E-state index contributed by atoms with van der Waals surface area (Å²) in [7, 11) is 1.79. The van der Waals surface area contributed by atoms with Gasteiger partial charge in [-0.3, -0.25) is 4.79 Å². The summed E-state index contributed by atoms with van der Waals surface area (Å²) in [4.78, 5) is 13.8. The average Bonchev–Trinajstić information content (AvgIpc) is 2.26. The Morgan fingerprint density at radius 2 is 1.78 bits per heavy atom. The highest BCUT2D eigenvalue weighted by Gasteiger charge is 2.22. The van der Waals surface area contributed by atoms with Crippen LogP contribution in [0.15, 0.2) is 24.3 Å². The van der Waals surface area contributed by atoms with Gasteiger partial charge in [-0.15, -0.1) is 0 Å². The van der Waals surface area contributed by atoms with Gasteiger partial charge in [0.05, 0.1) is 6.04 Å². The minimum absolute atomic E-state index is 0.0200. The number of rotatable bonds is 3. The molecule has 0 aliphatic heterocycles. The lowest BCUT2D eigenvalue weighted by atomic mass is 9.91. The van der Waals surface area contributed by atoms with Crippen LogP contribution in [0, 0.1) is 11.2 Å². The Labute approximate surface area is 109 Å². The predicted octanol–water partition coefficient (Wildman–Crippen LogP) is 3.78. The number of hydrogen-bond donors (Lipinski definition) is 0. The van der Waals surface area contributed by atoms with Gasteiger partial charge in [0, 0.05) is 13.5 Å². The minimum atomic E-state index is -0.255. The third-order valence-corrected chi connectivity index (χ3v) is 3.01. The molecule has 0 N–H and O–H groups in total. The molecular weight excluding hydrogens is 229 g/mol. The maximum Gasteiger partial charge on any atom is 0.223 e. The van der Waals surface area contributed by atoms with Gasteiger partial charge in [-0.05, 0) is 30.0 Å². The number of nitrogens with zero attached hydrogens (tertiary/aromatic N) is 1. The summed E-state index contributed by atoms with van der Waals surface area (Å²) in [6.45, 7) is 8.08. The zero-order valence-electron chi connectivity index (χ0n) is 11.8. The SMILES string of the molecule is CC(c1ccc(F)cc1)N(C)C(=O)CC(C)(C)C. The molecule has 1 unspecified atom stereocenters. The third kappa shape index (κ3) is 4.13. The molecule has 1 aromatic rings. The standard InChI is InChI=1S/C15H22FNO/c1-11(12-6-8-13(16)9-7-12)17(5)14(18)10-15(2,3)4/h6-9,11H,10H2,1-5H3. The number of halogens is 1. The Hall–Kier alpha value is -1.38. The summed E-state index contributed by atoms with van der Waals surface area (Å²) in [6, 6.07) is 6.25. The Kier molecular flexibility index (Phi) is 4.49. The average molecular weight is 251 g/mol. The molecule has 1 atom stereocenters. The van der Waals surface area contributed by atoms with E-state index in [2.05, 4.69) is 0 Å². The van der Waals surface area contributed by atoms with Gasteiger partial charge in [-0.2, -0.15) is 0 Å². The lowest BCUT2D eigenvalue weighted by molar-refractivity contribution is -0.133. The van der Waals surface area contributed by atoms with Crippen molar-refractivity contribution in [2.75, 3.05) is 7.05 Å². The van der Waals surface area contributed by atoms with Crippen molar-refractivity contribution in [3.63, 3.8) is 0 Å². The first kappa shape index (κ1) is 14.7. The van der Waals surface area contributed by atoms with Crippen LogP contribution in [0.1, 0.15) is 45.7 Å². The van der Waals surface area contributed by atoms with Crippen LogP contribution in [0.5, 0.6) is 0 Å². The van der Waals surface area contributed by atoms with Gasteiger partial charge in [0.2, 0.25) is 5.91 Å². The quantitative estimate of drug-likeness (QED) is 0.800. The number of amides is 1. The molecule has 2 nitrogen and oxygen atoms in total. The first-order chi connectivity index (χ1) is 8.20. The van der Waals surface area contributed by atoms with Crippen LogP contribution >= 0.6 is 0 Å². The lowest BCUT2D eigenvalue weighted by Gasteiger charge is -2.28. The molecule has 0 aliphatic rings. The van der Waals surface area contributed by atoms with E-state index in [1.54, 1.807) is 24.1 Å². The van der Waals surface area contributed by atoms with Crippen molar-refractivity contribution in [3.8, 4) is 0 Å². The zero-order chi connectivity index (χ0) is 13.9. The highest BCUT2D eigenvalue weighted by Crippen LogP contribution is 2.24.